The first-order chi connectivity index (χ1) is 16.4. The van der Waals surface area contributed by atoms with Crippen LogP contribution in [0.1, 0.15) is 34.0 Å². The van der Waals surface area contributed by atoms with Crippen LogP contribution in [-0.4, -0.2) is 14.2 Å². The second kappa shape index (κ2) is 9.09. The standard InChI is InChI=1S/C25H19F4NO3S2/c1-15-20-5-3-4-6-23(20)34-24(15)30(14-17-7-12-22(26)21(13-17)25(27,28)29)35(32,33)19-10-8-18(9-11-19)16(2)31/h3-13H,14H2,1-2H3. The maximum absolute atomic E-state index is 13.9. The van der Waals surface area contributed by atoms with Gasteiger partial charge >= 0.3 is 6.18 Å². The number of sulfonamides is 1. The molecule has 0 spiro atoms. The SMILES string of the molecule is CC(=O)c1ccc(S(=O)(=O)N(Cc2ccc(F)c(C(F)(F)F)c2)c2sc3ccccc3c2C)cc1. The van der Waals surface area contributed by atoms with Crippen molar-refractivity contribution in [2.24, 2.45) is 0 Å². The summed E-state index contributed by atoms with van der Waals surface area (Å²) in [5.41, 5.74) is -0.527. The summed E-state index contributed by atoms with van der Waals surface area (Å²) in [6.07, 6.45) is -4.93. The fourth-order valence-corrected chi connectivity index (χ4v) is 6.64. The number of ketones is 1. The number of rotatable bonds is 6. The molecule has 182 valence electrons. The number of alkyl halides is 3. The molecule has 10 heteroatoms. The lowest BCUT2D eigenvalue weighted by atomic mass is 10.1. The number of benzene rings is 3. The molecular formula is C25H19F4NO3S2. The third-order valence-corrected chi connectivity index (χ3v) is 8.73. The van der Waals surface area contributed by atoms with Gasteiger partial charge in [0.1, 0.15) is 10.8 Å². The lowest BCUT2D eigenvalue weighted by molar-refractivity contribution is -0.140. The molecule has 0 atom stereocenters. The van der Waals surface area contributed by atoms with Crippen molar-refractivity contribution in [3.8, 4) is 0 Å². The van der Waals surface area contributed by atoms with E-state index in [1.807, 2.05) is 12.1 Å². The zero-order valence-corrected chi connectivity index (χ0v) is 20.2. The number of hydrogen-bond acceptors (Lipinski definition) is 4. The minimum absolute atomic E-state index is 0.0282. The molecule has 0 unspecified atom stereocenters. The Hall–Kier alpha value is -3.24. The van der Waals surface area contributed by atoms with Crippen molar-refractivity contribution in [2.45, 2.75) is 31.5 Å². The smallest absolute Gasteiger partial charge is 0.295 e. The molecule has 1 aromatic heterocycles. The summed E-state index contributed by atoms with van der Waals surface area (Å²) in [5, 5.41) is 1.15. The van der Waals surface area contributed by atoms with Crippen molar-refractivity contribution < 1.29 is 30.8 Å². The molecule has 4 rings (SSSR count). The molecule has 0 aliphatic heterocycles. The topological polar surface area (TPSA) is 54.5 Å². The normalized spacial score (nSPS) is 12.2. The van der Waals surface area contributed by atoms with E-state index in [2.05, 4.69) is 0 Å². The van der Waals surface area contributed by atoms with Crippen LogP contribution >= 0.6 is 11.3 Å². The van der Waals surface area contributed by atoms with Crippen molar-refractivity contribution in [1.29, 1.82) is 0 Å². The van der Waals surface area contributed by atoms with Crippen LogP contribution in [-0.2, 0) is 22.7 Å². The highest BCUT2D eigenvalue weighted by atomic mass is 32.2. The van der Waals surface area contributed by atoms with Gasteiger partial charge in [0.05, 0.1) is 17.0 Å². The molecule has 0 saturated carbocycles. The summed E-state index contributed by atoms with van der Waals surface area (Å²) < 4.78 is 83.1. The van der Waals surface area contributed by atoms with E-state index in [-0.39, 0.29) is 16.2 Å². The second-order valence-electron chi connectivity index (χ2n) is 7.93. The lowest BCUT2D eigenvalue weighted by Gasteiger charge is -2.24. The van der Waals surface area contributed by atoms with E-state index in [1.54, 1.807) is 19.1 Å². The third kappa shape index (κ3) is 4.81. The van der Waals surface area contributed by atoms with E-state index in [0.717, 1.165) is 20.5 Å². The number of Topliss-reactive ketones (excluding diaryl/α,β-unsaturated/α-hetero) is 1. The van der Waals surface area contributed by atoms with Gasteiger partial charge in [-0.15, -0.1) is 11.3 Å². The van der Waals surface area contributed by atoms with Crippen molar-refractivity contribution in [2.75, 3.05) is 4.31 Å². The number of hydrogen-bond donors (Lipinski definition) is 0. The van der Waals surface area contributed by atoms with E-state index in [1.165, 1.54) is 42.5 Å². The predicted molar refractivity (Wildman–Crippen MR) is 128 cm³/mol. The van der Waals surface area contributed by atoms with Gasteiger partial charge < -0.3 is 0 Å². The number of nitrogens with zero attached hydrogens (tertiary/aromatic N) is 1. The Labute approximate surface area is 203 Å². The van der Waals surface area contributed by atoms with Gasteiger partial charge in [0.25, 0.3) is 10.0 Å². The molecule has 0 amide bonds. The number of carbonyl (C=O) groups is 1. The largest absolute Gasteiger partial charge is 0.419 e. The minimum Gasteiger partial charge on any atom is -0.295 e. The summed E-state index contributed by atoms with van der Waals surface area (Å²) in [5.74, 6) is -1.68. The van der Waals surface area contributed by atoms with Gasteiger partial charge in [-0.25, -0.2) is 12.8 Å². The van der Waals surface area contributed by atoms with E-state index in [9.17, 15) is 30.8 Å². The number of thiophene rings is 1. The quantitative estimate of drug-likeness (QED) is 0.204. The highest BCUT2D eigenvalue weighted by Gasteiger charge is 2.35. The summed E-state index contributed by atoms with van der Waals surface area (Å²) in [6.45, 7) is 2.64. The number of aryl methyl sites for hydroxylation is 1. The molecule has 4 nitrogen and oxygen atoms in total. The van der Waals surface area contributed by atoms with Gasteiger partial charge in [0, 0.05) is 10.3 Å². The van der Waals surface area contributed by atoms with Crippen molar-refractivity contribution >= 4 is 42.2 Å². The van der Waals surface area contributed by atoms with Gasteiger partial charge in [-0.3, -0.25) is 9.10 Å². The fourth-order valence-electron chi connectivity index (χ4n) is 3.71. The molecule has 3 aromatic carbocycles. The van der Waals surface area contributed by atoms with Crippen LogP contribution in [0.3, 0.4) is 0 Å². The fraction of sp³-hybridized carbons (Fsp3) is 0.160. The molecule has 35 heavy (non-hydrogen) atoms. The van der Waals surface area contributed by atoms with E-state index >= 15 is 0 Å². The molecule has 0 radical (unpaired) electrons. The van der Waals surface area contributed by atoms with Crippen LogP contribution in [0.2, 0.25) is 0 Å². The maximum Gasteiger partial charge on any atom is 0.419 e. The second-order valence-corrected chi connectivity index (χ2v) is 10.8. The zero-order valence-electron chi connectivity index (χ0n) is 18.6. The van der Waals surface area contributed by atoms with Crippen molar-refractivity contribution in [3.05, 3.63) is 94.8 Å². The Balaban J connectivity index is 1.87. The predicted octanol–water partition coefficient (Wildman–Crippen LogP) is 6.97. The molecular weight excluding hydrogens is 502 g/mol. The van der Waals surface area contributed by atoms with Gasteiger partial charge in [0.2, 0.25) is 0 Å². The first kappa shape index (κ1) is 24.9. The van der Waals surface area contributed by atoms with Gasteiger partial charge in [-0.1, -0.05) is 36.4 Å². The first-order valence-corrected chi connectivity index (χ1v) is 12.6. The Bertz CT molecular complexity index is 1520. The van der Waals surface area contributed by atoms with Crippen LogP contribution in [0.4, 0.5) is 22.6 Å². The highest BCUT2D eigenvalue weighted by molar-refractivity contribution is 7.93. The number of fused-ring (bicyclic) bond motifs is 1. The van der Waals surface area contributed by atoms with E-state index in [4.69, 9.17) is 0 Å². The third-order valence-electron chi connectivity index (χ3n) is 5.56. The van der Waals surface area contributed by atoms with Crippen LogP contribution in [0.25, 0.3) is 10.1 Å². The molecule has 4 aromatic rings. The Morgan fingerprint density at radius 2 is 1.66 bits per heavy atom. The highest BCUT2D eigenvalue weighted by Crippen LogP contribution is 2.41. The van der Waals surface area contributed by atoms with Crippen LogP contribution in [0, 0.1) is 12.7 Å². The molecule has 1 heterocycles. The summed E-state index contributed by atoms with van der Waals surface area (Å²) in [4.78, 5) is 11.5. The number of anilines is 1. The van der Waals surface area contributed by atoms with Gasteiger partial charge in [-0.2, -0.15) is 13.2 Å². The lowest BCUT2D eigenvalue weighted by Crippen LogP contribution is -2.30. The van der Waals surface area contributed by atoms with Crippen molar-refractivity contribution in [1.82, 2.24) is 0 Å². The van der Waals surface area contributed by atoms with Gasteiger partial charge in [0.15, 0.2) is 5.78 Å². The monoisotopic (exact) mass is 521 g/mol. The Morgan fingerprint density at radius 1 is 1.00 bits per heavy atom. The number of carbonyl (C=O) groups excluding carboxylic acids is 1. The average molecular weight is 522 g/mol. The van der Waals surface area contributed by atoms with E-state index < -0.39 is 34.1 Å². The Kier molecular flexibility index (Phi) is 6.46. The van der Waals surface area contributed by atoms with Crippen LogP contribution in [0.15, 0.2) is 71.6 Å². The summed E-state index contributed by atoms with van der Waals surface area (Å²) in [6, 6.07) is 15.0. The molecule has 0 aliphatic carbocycles. The van der Waals surface area contributed by atoms with Crippen LogP contribution in [0.5, 0.6) is 0 Å². The summed E-state index contributed by atoms with van der Waals surface area (Å²) >= 11 is 1.19. The van der Waals surface area contributed by atoms with Crippen LogP contribution < -0.4 is 4.31 Å². The Morgan fingerprint density at radius 3 is 2.26 bits per heavy atom. The molecule has 0 fully saturated rings. The minimum atomic E-state index is -4.93. The first-order valence-electron chi connectivity index (χ1n) is 10.4. The maximum atomic E-state index is 13.9. The molecule has 0 bridgehead atoms. The summed E-state index contributed by atoms with van der Waals surface area (Å²) in [7, 11) is -4.27. The number of halogens is 4. The zero-order chi connectivity index (χ0) is 25.5. The molecule has 0 saturated heterocycles. The molecule has 0 N–H and O–H groups in total. The van der Waals surface area contributed by atoms with Gasteiger partial charge in [-0.05, 0) is 60.7 Å². The molecule has 0 aliphatic rings. The average Bonchev–Trinajstić information content (AvgIpc) is 3.13. The van der Waals surface area contributed by atoms with Crippen molar-refractivity contribution in [3.63, 3.8) is 0 Å². The van der Waals surface area contributed by atoms with E-state index in [0.29, 0.717) is 28.3 Å².